The second-order valence-corrected chi connectivity index (χ2v) is 5.52. The number of hydrogen-bond donors (Lipinski definition) is 0. The summed E-state index contributed by atoms with van der Waals surface area (Å²) in [5.41, 5.74) is 1.13. The van der Waals surface area contributed by atoms with Crippen LogP contribution >= 0.6 is 27.7 Å². The fourth-order valence-corrected chi connectivity index (χ4v) is 3.41. The van der Waals surface area contributed by atoms with Gasteiger partial charge in [-0.2, -0.15) is 0 Å². The molecule has 6 heteroatoms. The average Bonchev–Trinajstić information content (AvgIpc) is 2.26. The number of carbonyl (C=O) groups excluding carboxylic acids is 2. The third kappa shape index (κ3) is 2.13. The molecule has 1 rings (SSSR count). The van der Waals surface area contributed by atoms with Crippen LogP contribution in [-0.2, 0) is 14.3 Å². The standard InChI is InChI=1S/C10H14BrNO3S/c1-5(2)7(10(14)15-3)12-8(13)6(11)9(12)16-4/h6,9H,1-4H3. The highest BCUT2D eigenvalue weighted by molar-refractivity contribution is 9.10. The van der Waals surface area contributed by atoms with E-state index in [4.69, 9.17) is 4.74 Å². The van der Waals surface area contributed by atoms with E-state index in [0.29, 0.717) is 5.70 Å². The number of rotatable bonds is 3. The molecule has 2 atom stereocenters. The van der Waals surface area contributed by atoms with Gasteiger partial charge in [-0.25, -0.2) is 4.79 Å². The Morgan fingerprint density at radius 1 is 1.50 bits per heavy atom. The van der Waals surface area contributed by atoms with Crippen molar-refractivity contribution in [1.82, 2.24) is 4.90 Å². The van der Waals surface area contributed by atoms with Gasteiger partial charge in [-0.3, -0.25) is 9.69 Å². The highest BCUT2D eigenvalue weighted by Crippen LogP contribution is 2.37. The van der Waals surface area contributed by atoms with Crippen molar-refractivity contribution >= 4 is 39.6 Å². The number of amides is 1. The molecule has 0 aromatic rings. The molecule has 1 aliphatic rings. The quantitative estimate of drug-likeness (QED) is 0.345. The molecule has 16 heavy (non-hydrogen) atoms. The Hall–Kier alpha value is -0.490. The largest absolute Gasteiger partial charge is 0.464 e. The maximum absolute atomic E-state index is 11.7. The van der Waals surface area contributed by atoms with Gasteiger partial charge in [0, 0.05) is 0 Å². The molecule has 1 heterocycles. The van der Waals surface area contributed by atoms with E-state index in [0.717, 1.165) is 5.57 Å². The Morgan fingerprint density at radius 2 is 2.06 bits per heavy atom. The number of halogens is 1. The van der Waals surface area contributed by atoms with Crippen molar-refractivity contribution in [3.05, 3.63) is 11.3 Å². The van der Waals surface area contributed by atoms with Gasteiger partial charge in [0.2, 0.25) is 5.91 Å². The van der Waals surface area contributed by atoms with E-state index < -0.39 is 5.97 Å². The summed E-state index contributed by atoms with van der Waals surface area (Å²) in [5, 5.41) is -0.0449. The molecule has 0 saturated carbocycles. The smallest absolute Gasteiger partial charge is 0.354 e. The minimum absolute atomic E-state index is 0.0449. The van der Waals surface area contributed by atoms with E-state index >= 15 is 0 Å². The van der Waals surface area contributed by atoms with Crippen molar-refractivity contribution in [2.24, 2.45) is 0 Å². The van der Waals surface area contributed by atoms with Gasteiger partial charge in [-0.15, -0.1) is 11.8 Å². The first-order valence-corrected chi connectivity index (χ1v) is 6.91. The number of hydrogen-bond acceptors (Lipinski definition) is 4. The molecule has 0 spiro atoms. The second-order valence-electron chi connectivity index (χ2n) is 3.58. The van der Waals surface area contributed by atoms with Crippen LogP contribution in [0.1, 0.15) is 13.8 Å². The number of β-lactam (4-membered cyclic amide) rings is 1. The normalized spacial score (nSPS) is 23.8. The summed E-state index contributed by atoms with van der Waals surface area (Å²) in [7, 11) is 1.31. The lowest BCUT2D eigenvalue weighted by Crippen LogP contribution is -2.60. The summed E-state index contributed by atoms with van der Waals surface area (Å²) < 4.78 is 4.69. The fourth-order valence-electron chi connectivity index (χ4n) is 1.53. The van der Waals surface area contributed by atoms with Crippen LogP contribution in [0.5, 0.6) is 0 Å². The van der Waals surface area contributed by atoms with E-state index in [9.17, 15) is 9.59 Å². The van der Waals surface area contributed by atoms with Crippen molar-refractivity contribution in [3.63, 3.8) is 0 Å². The molecule has 0 aliphatic carbocycles. The Labute approximate surface area is 108 Å². The third-order valence-electron chi connectivity index (χ3n) is 2.31. The van der Waals surface area contributed by atoms with Crippen LogP contribution < -0.4 is 0 Å². The first-order valence-electron chi connectivity index (χ1n) is 4.71. The molecular formula is C10H14BrNO3S. The van der Waals surface area contributed by atoms with Crippen molar-refractivity contribution in [3.8, 4) is 0 Å². The van der Waals surface area contributed by atoms with E-state index in [-0.39, 0.29) is 16.1 Å². The lowest BCUT2D eigenvalue weighted by molar-refractivity contribution is -0.146. The van der Waals surface area contributed by atoms with Gasteiger partial charge in [0.15, 0.2) is 0 Å². The van der Waals surface area contributed by atoms with E-state index in [1.165, 1.54) is 23.8 Å². The number of alkyl halides is 1. The summed E-state index contributed by atoms with van der Waals surface area (Å²) in [6.45, 7) is 3.58. The minimum atomic E-state index is -0.466. The molecule has 1 saturated heterocycles. The van der Waals surface area contributed by atoms with Gasteiger partial charge in [-0.05, 0) is 25.7 Å². The van der Waals surface area contributed by atoms with Gasteiger partial charge in [-0.1, -0.05) is 15.9 Å². The number of methoxy groups -OCH3 is 1. The van der Waals surface area contributed by atoms with Crippen LogP contribution in [0.15, 0.2) is 11.3 Å². The molecular weight excluding hydrogens is 294 g/mol. The Kier molecular flexibility index (Phi) is 4.43. The number of esters is 1. The fraction of sp³-hybridized carbons (Fsp3) is 0.600. The van der Waals surface area contributed by atoms with Crippen LogP contribution in [-0.4, -0.2) is 40.3 Å². The lowest BCUT2D eigenvalue weighted by atomic mass is 10.1. The van der Waals surface area contributed by atoms with E-state index in [1.807, 2.05) is 6.26 Å². The van der Waals surface area contributed by atoms with E-state index in [2.05, 4.69) is 15.9 Å². The Bertz CT molecular complexity index is 352. The summed E-state index contributed by atoms with van der Waals surface area (Å²) in [5.74, 6) is -0.562. The summed E-state index contributed by atoms with van der Waals surface area (Å²) in [6, 6.07) is 0. The first-order chi connectivity index (χ1) is 7.45. The molecule has 2 unspecified atom stereocenters. The predicted octanol–water partition coefficient (Wildman–Crippen LogP) is 1.75. The highest BCUT2D eigenvalue weighted by Gasteiger charge is 2.49. The Balaban J connectivity index is 3.03. The molecule has 4 nitrogen and oxygen atoms in total. The monoisotopic (exact) mass is 307 g/mol. The zero-order valence-electron chi connectivity index (χ0n) is 9.61. The van der Waals surface area contributed by atoms with Gasteiger partial charge in [0.25, 0.3) is 0 Å². The highest BCUT2D eigenvalue weighted by atomic mass is 79.9. The van der Waals surface area contributed by atoms with Gasteiger partial charge in [0.1, 0.15) is 15.9 Å². The number of ether oxygens (including phenoxy) is 1. The topological polar surface area (TPSA) is 46.6 Å². The zero-order chi connectivity index (χ0) is 12.5. The van der Waals surface area contributed by atoms with Crippen LogP contribution in [0.4, 0.5) is 0 Å². The minimum Gasteiger partial charge on any atom is -0.464 e. The maximum Gasteiger partial charge on any atom is 0.354 e. The first kappa shape index (κ1) is 13.6. The predicted molar refractivity (Wildman–Crippen MR) is 67.3 cm³/mol. The van der Waals surface area contributed by atoms with Gasteiger partial charge >= 0.3 is 5.97 Å². The molecule has 1 fully saturated rings. The SMILES string of the molecule is COC(=O)C(=C(C)C)N1C(=O)C(Br)C1SC. The van der Waals surface area contributed by atoms with Crippen molar-refractivity contribution in [2.75, 3.05) is 13.4 Å². The average molecular weight is 308 g/mol. The molecule has 1 aliphatic heterocycles. The number of carbonyl (C=O) groups is 2. The summed E-state index contributed by atoms with van der Waals surface area (Å²) >= 11 is 4.82. The van der Waals surface area contributed by atoms with Crippen molar-refractivity contribution in [1.29, 1.82) is 0 Å². The number of nitrogens with zero attached hydrogens (tertiary/aromatic N) is 1. The summed E-state index contributed by atoms with van der Waals surface area (Å²) in [4.78, 5) is 24.6. The number of likely N-dealkylation sites (tertiary alicyclic amines) is 1. The van der Waals surface area contributed by atoms with Crippen LogP contribution in [0.2, 0.25) is 0 Å². The van der Waals surface area contributed by atoms with E-state index in [1.54, 1.807) is 13.8 Å². The van der Waals surface area contributed by atoms with Crippen LogP contribution in [0, 0.1) is 0 Å². The van der Waals surface area contributed by atoms with Crippen LogP contribution in [0.3, 0.4) is 0 Å². The molecule has 0 bridgehead atoms. The zero-order valence-corrected chi connectivity index (χ0v) is 12.0. The number of thioether (sulfide) groups is 1. The lowest BCUT2D eigenvalue weighted by Gasteiger charge is -2.44. The van der Waals surface area contributed by atoms with Crippen molar-refractivity contribution in [2.45, 2.75) is 24.0 Å². The molecule has 0 radical (unpaired) electrons. The summed E-state index contributed by atoms with van der Waals surface area (Å²) in [6.07, 6.45) is 1.90. The Morgan fingerprint density at radius 3 is 2.44 bits per heavy atom. The third-order valence-corrected chi connectivity index (χ3v) is 4.52. The second kappa shape index (κ2) is 5.23. The van der Waals surface area contributed by atoms with Crippen LogP contribution in [0.25, 0.3) is 0 Å². The molecule has 0 N–H and O–H groups in total. The molecule has 0 aromatic heterocycles. The number of allylic oxidation sites excluding steroid dienone is 1. The molecule has 90 valence electrons. The van der Waals surface area contributed by atoms with Crippen molar-refractivity contribution < 1.29 is 14.3 Å². The van der Waals surface area contributed by atoms with Gasteiger partial charge < -0.3 is 4.74 Å². The maximum atomic E-state index is 11.7. The van der Waals surface area contributed by atoms with Gasteiger partial charge in [0.05, 0.1) is 7.11 Å². The molecule has 1 amide bonds. The molecule has 0 aromatic carbocycles.